The van der Waals surface area contributed by atoms with Gasteiger partial charge in [0.25, 0.3) is 5.91 Å². The van der Waals surface area contributed by atoms with Gasteiger partial charge in [-0.25, -0.2) is 0 Å². The van der Waals surface area contributed by atoms with Gasteiger partial charge in [-0.15, -0.1) is 11.3 Å². The summed E-state index contributed by atoms with van der Waals surface area (Å²) in [6.07, 6.45) is -0.0584. The lowest BCUT2D eigenvalue weighted by atomic mass is 10.2. The molecule has 0 radical (unpaired) electrons. The van der Waals surface area contributed by atoms with Crippen molar-refractivity contribution in [2.45, 2.75) is 19.4 Å². The van der Waals surface area contributed by atoms with E-state index in [4.69, 9.17) is 5.11 Å². The Labute approximate surface area is 85.6 Å². The topological polar surface area (TPSA) is 66.4 Å². The van der Waals surface area contributed by atoms with Gasteiger partial charge in [0.1, 0.15) is 0 Å². The maximum Gasteiger partial charge on any atom is 0.305 e. The number of carbonyl (C=O) groups is 2. The predicted molar refractivity (Wildman–Crippen MR) is 53.5 cm³/mol. The molecule has 5 heteroatoms. The van der Waals surface area contributed by atoms with Crippen LogP contribution in [0.4, 0.5) is 0 Å². The van der Waals surface area contributed by atoms with Gasteiger partial charge < -0.3 is 10.4 Å². The zero-order chi connectivity index (χ0) is 10.6. The summed E-state index contributed by atoms with van der Waals surface area (Å²) in [5.41, 5.74) is 0. The summed E-state index contributed by atoms with van der Waals surface area (Å²) in [6, 6.07) is 3.14. The molecule has 1 aromatic heterocycles. The molecule has 14 heavy (non-hydrogen) atoms. The molecule has 2 N–H and O–H groups in total. The molecular formula is C9H11NO3S. The van der Waals surface area contributed by atoms with Crippen LogP contribution < -0.4 is 5.32 Å². The van der Waals surface area contributed by atoms with E-state index >= 15 is 0 Å². The first-order chi connectivity index (χ1) is 6.59. The van der Waals surface area contributed by atoms with Crippen LogP contribution in [0.3, 0.4) is 0 Å². The van der Waals surface area contributed by atoms with Crippen molar-refractivity contribution in [1.29, 1.82) is 0 Å². The fourth-order valence-electron chi connectivity index (χ4n) is 1.02. The lowest BCUT2D eigenvalue weighted by Gasteiger charge is -2.09. The van der Waals surface area contributed by atoms with Crippen molar-refractivity contribution >= 4 is 23.2 Å². The van der Waals surface area contributed by atoms with Crippen LogP contribution >= 0.6 is 11.3 Å². The lowest BCUT2D eigenvalue weighted by Crippen LogP contribution is -2.33. The number of hydrogen-bond donors (Lipinski definition) is 2. The summed E-state index contributed by atoms with van der Waals surface area (Å²) >= 11 is 1.33. The maximum absolute atomic E-state index is 11.4. The van der Waals surface area contributed by atoms with Crippen LogP contribution in [0.5, 0.6) is 0 Å². The molecule has 1 unspecified atom stereocenters. The van der Waals surface area contributed by atoms with Crippen molar-refractivity contribution in [1.82, 2.24) is 5.32 Å². The third kappa shape index (κ3) is 3.18. The van der Waals surface area contributed by atoms with Gasteiger partial charge >= 0.3 is 5.97 Å². The molecule has 1 rings (SSSR count). The quantitative estimate of drug-likeness (QED) is 0.793. The number of carboxylic acid groups (broad SMARTS) is 1. The fraction of sp³-hybridized carbons (Fsp3) is 0.333. The average Bonchev–Trinajstić information content (AvgIpc) is 2.53. The number of aliphatic carboxylic acids is 1. The van der Waals surface area contributed by atoms with Crippen LogP contribution in [-0.2, 0) is 4.79 Å². The van der Waals surface area contributed by atoms with E-state index in [2.05, 4.69) is 5.32 Å². The molecule has 0 aliphatic heterocycles. The van der Waals surface area contributed by atoms with E-state index in [-0.39, 0.29) is 18.4 Å². The molecular weight excluding hydrogens is 202 g/mol. The summed E-state index contributed by atoms with van der Waals surface area (Å²) in [4.78, 5) is 22.3. The van der Waals surface area contributed by atoms with E-state index in [1.54, 1.807) is 24.4 Å². The zero-order valence-corrected chi connectivity index (χ0v) is 8.50. The number of rotatable bonds is 4. The van der Waals surface area contributed by atoms with Crippen molar-refractivity contribution < 1.29 is 14.7 Å². The second-order valence-electron chi connectivity index (χ2n) is 2.95. The molecule has 0 saturated carbocycles. The minimum atomic E-state index is -0.913. The summed E-state index contributed by atoms with van der Waals surface area (Å²) in [5, 5.41) is 12.9. The molecule has 1 aromatic rings. The first-order valence-electron chi connectivity index (χ1n) is 4.15. The van der Waals surface area contributed by atoms with Gasteiger partial charge in [0, 0.05) is 6.04 Å². The van der Waals surface area contributed by atoms with E-state index in [0.717, 1.165) is 0 Å². The molecule has 0 aliphatic carbocycles. The van der Waals surface area contributed by atoms with Crippen molar-refractivity contribution in [3.8, 4) is 0 Å². The summed E-state index contributed by atoms with van der Waals surface area (Å²) in [5.74, 6) is -1.13. The molecule has 0 fully saturated rings. The number of thiophene rings is 1. The van der Waals surface area contributed by atoms with Crippen molar-refractivity contribution in [3.05, 3.63) is 22.4 Å². The van der Waals surface area contributed by atoms with Crippen molar-refractivity contribution in [2.75, 3.05) is 0 Å². The van der Waals surface area contributed by atoms with Gasteiger partial charge in [-0.2, -0.15) is 0 Å². The largest absolute Gasteiger partial charge is 0.481 e. The summed E-state index contributed by atoms with van der Waals surface area (Å²) in [7, 11) is 0. The molecule has 0 saturated heterocycles. The van der Waals surface area contributed by atoms with Gasteiger partial charge in [-0.05, 0) is 18.4 Å². The van der Waals surface area contributed by atoms with Crippen molar-refractivity contribution in [2.24, 2.45) is 0 Å². The van der Waals surface area contributed by atoms with Gasteiger partial charge in [-0.3, -0.25) is 9.59 Å². The molecule has 1 amide bonds. The average molecular weight is 213 g/mol. The van der Waals surface area contributed by atoms with Gasteiger partial charge in [0.05, 0.1) is 11.3 Å². The number of nitrogens with one attached hydrogen (secondary N) is 1. The van der Waals surface area contributed by atoms with Crippen LogP contribution in [0.1, 0.15) is 23.0 Å². The lowest BCUT2D eigenvalue weighted by molar-refractivity contribution is -0.137. The van der Waals surface area contributed by atoms with Crippen LogP contribution in [-0.4, -0.2) is 23.0 Å². The highest BCUT2D eigenvalue weighted by Crippen LogP contribution is 2.08. The smallest absolute Gasteiger partial charge is 0.305 e. The monoisotopic (exact) mass is 213 g/mol. The third-order valence-electron chi connectivity index (χ3n) is 1.60. The van der Waals surface area contributed by atoms with Crippen LogP contribution in [0, 0.1) is 0 Å². The Kier molecular flexibility index (Phi) is 3.64. The Morgan fingerprint density at radius 1 is 1.64 bits per heavy atom. The van der Waals surface area contributed by atoms with Crippen LogP contribution in [0.15, 0.2) is 17.5 Å². The van der Waals surface area contributed by atoms with E-state index in [1.807, 2.05) is 0 Å². The highest BCUT2D eigenvalue weighted by Gasteiger charge is 2.12. The molecule has 4 nitrogen and oxygen atoms in total. The molecule has 0 spiro atoms. The highest BCUT2D eigenvalue weighted by molar-refractivity contribution is 7.12. The normalized spacial score (nSPS) is 12.1. The summed E-state index contributed by atoms with van der Waals surface area (Å²) < 4.78 is 0. The Morgan fingerprint density at radius 3 is 2.86 bits per heavy atom. The zero-order valence-electron chi connectivity index (χ0n) is 7.69. The minimum absolute atomic E-state index is 0.0584. The first-order valence-corrected chi connectivity index (χ1v) is 5.03. The molecule has 0 aromatic carbocycles. The number of carboxylic acids is 1. The second-order valence-corrected chi connectivity index (χ2v) is 3.90. The van der Waals surface area contributed by atoms with E-state index in [9.17, 15) is 9.59 Å². The second kappa shape index (κ2) is 4.76. The van der Waals surface area contributed by atoms with Gasteiger partial charge in [-0.1, -0.05) is 6.07 Å². The van der Waals surface area contributed by atoms with E-state index < -0.39 is 5.97 Å². The molecule has 76 valence electrons. The number of carbonyl (C=O) groups excluding carboxylic acids is 1. The van der Waals surface area contributed by atoms with Crippen molar-refractivity contribution in [3.63, 3.8) is 0 Å². The number of hydrogen-bond acceptors (Lipinski definition) is 3. The Morgan fingerprint density at radius 2 is 2.36 bits per heavy atom. The molecule has 0 aliphatic rings. The minimum Gasteiger partial charge on any atom is -0.481 e. The third-order valence-corrected chi connectivity index (χ3v) is 2.47. The SMILES string of the molecule is CC(CC(=O)O)NC(=O)c1cccs1. The molecule has 1 atom stereocenters. The van der Waals surface area contributed by atoms with Crippen LogP contribution in [0.2, 0.25) is 0 Å². The maximum atomic E-state index is 11.4. The van der Waals surface area contributed by atoms with Gasteiger partial charge in [0.15, 0.2) is 0 Å². The Balaban J connectivity index is 2.45. The molecule has 1 heterocycles. The molecule has 0 bridgehead atoms. The highest BCUT2D eigenvalue weighted by atomic mass is 32.1. The van der Waals surface area contributed by atoms with Crippen LogP contribution in [0.25, 0.3) is 0 Å². The first kappa shape index (κ1) is 10.7. The van der Waals surface area contributed by atoms with Gasteiger partial charge in [0.2, 0.25) is 0 Å². The fourth-order valence-corrected chi connectivity index (χ4v) is 1.64. The van der Waals surface area contributed by atoms with E-state index in [1.165, 1.54) is 11.3 Å². The Hall–Kier alpha value is -1.36. The summed E-state index contributed by atoms with van der Waals surface area (Å²) in [6.45, 7) is 1.67. The predicted octanol–water partition coefficient (Wildman–Crippen LogP) is 1.34. The standard InChI is InChI=1S/C9H11NO3S/c1-6(5-8(11)12)10-9(13)7-3-2-4-14-7/h2-4,6H,5H2,1H3,(H,10,13)(H,11,12). The van der Waals surface area contributed by atoms with E-state index in [0.29, 0.717) is 4.88 Å². The number of amides is 1. The Bertz CT molecular complexity index is 321.